The average Bonchev–Trinajstić information content (AvgIpc) is 3.17. The molecular formula is C22H16ClNO3S. The first-order valence-corrected chi connectivity index (χ1v) is 9.90. The summed E-state index contributed by atoms with van der Waals surface area (Å²) < 4.78 is 11.7. The summed E-state index contributed by atoms with van der Waals surface area (Å²) in [7, 11) is 0. The molecule has 4 aromatic rings. The molecule has 0 N–H and O–H groups in total. The number of carbonyl (C=O) groups is 1. The van der Waals surface area contributed by atoms with Crippen LogP contribution in [-0.4, -0.2) is 24.2 Å². The van der Waals surface area contributed by atoms with Crippen molar-refractivity contribution in [2.75, 3.05) is 13.2 Å². The molecule has 28 heavy (non-hydrogen) atoms. The molecule has 0 fully saturated rings. The lowest BCUT2D eigenvalue weighted by molar-refractivity contribution is 0.0452. The molecule has 0 amide bonds. The number of benzene rings is 2. The van der Waals surface area contributed by atoms with Crippen molar-refractivity contribution >= 4 is 39.8 Å². The Morgan fingerprint density at radius 2 is 1.75 bits per heavy atom. The van der Waals surface area contributed by atoms with Crippen LogP contribution in [0.2, 0.25) is 4.34 Å². The van der Waals surface area contributed by atoms with E-state index < -0.39 is 5.97 Å². The third-order valence-electron chi connectivity index (χ3n) is 4.09. The zero-order valence-electron chi connectivity index (χ0n) is 14.8. The van der Waals surface area contributed by atoms with Gasteiger partial charge in [0.1, 0.15) is 19.0 Å². The van der Waals surface area contributed by atoms with E-state index in [1.165, 1.54) is 11.3 Å². The molecule has 4 rings (SSSR count). The van der Waals surface area contributed by atoms with Crippen LogP contribution in [0.4, 0.5) is 0 Å². The van der Waals surface area contributed by atoms with Gasteiger partial charge in [-0.15, -0.1) is 11.3 Å². The fourth-order valence-corrected chi connectivity index (χ4v) is 3.81. The zero-order chi connectivity index (χ0) is 19.3. The third-order valence-corrected chi connectivity index (χ3v) is 5.34. The van der Waals surface area contributed by atoms with Gasteiger partial charge < -0.3 is 9.47 Å². The minimum Gasteiger partial charge on any atom is -0.490 e. The minimum absolute atomic E-state index is 0.157. The quantitative estimate of drug-likeness (QED) is 0.296. The van der Waals surface area contributed by atoms with Crippen LogP contribution in [0.1, 0.15) is 10.4 Å². The van der Waals surface area contributed by atoms with Crippen LogP contribution in [0.25, 0.3) is 21.5 Å². The van der Waals surface area contributed by atoms with Gasteiger partial charge in [-0.05, 0) is 36.4 Å². The highest BCUT2D eigenvalue weighted by Crippen LogP contribution is 2.32. The van der Waals surface area contributed by atoms with E-state index in [2.05, 4.69) is 4.98 Å². The van der Waals surface area contributed by atoms with Gasteiger partial charge >= 0.3 is 5.97 Å². The number of ether oxygens (including phenoxy) is 2. The SMILES string of the molecule is O=C(OCCOc1ccccc1)c1cc(-c2ccc(Cl)s2)nc2ccccc12. The number of nitrogens with zero attached hydrogens (tertiary/aromatic N) is 1. The van der Waals surface area contributed by atoms with E-state index >= 15 is 0 Å². The minimum atomic E-state index is -0.404. The highest BCUT2D eigenvalue weighted by atomic mass is 35.5. The lowest BCUT2D eigenvalue weighted by Gasteiger charge is -2.10. The van der Waals surface area contributed by atoms with E-state index in [-0.39, 0.29) is 13.2 Å². The van der Waals surface area contributed by atoms with Crippen molar-refractivity contribution in [2.45, 2.75) is 0 Å². The van der Waals surface area contributed by atoms with Crippen molar-refractivity contribution in [3.05, 3.63) is 82.7 Å². The van der Waals surface area contributed by atoms with E-state index in [1.807, 2.05) is 66.7 Å². The van der Waals surface area contributed by atoms with Crippen molar-refractivity contribution in [1.82, 2.24) is 4.98 Å². The maximum absolute atomic E-state index is 12.7. The summed E-state index contributed by atoms with van der Waals surface area (Å²) in [6.07, 6.45) is 0. The maximum Gasteiger partial charge on any atom is 0.339 e. The molecule has 0 atom stereocenters. The Kier molecular flexibility index (Phi) is 5.55. The number of hydrogen-bond donors (Lipinski definition) is 0. The normalized spacial score (nSPS) is 10.8. The molecule has 0 saturated carbocycles. The molecule has 0 aliphatic carbocycles. The predicted molar refractivity (Wildman–Crippen MR) is 112 cm³/mol. The largest absolute Gasteiger partial charge is 0.490 e. The first kappa shape index (κ1) is 18.5. The van der Waals surface area contributed by atoms with Crippen LogP contribution in [0.3, 0.4) is 0 Å². The van der Waals surface area contributed by atoms with E-state index in [9.17, 15) is 4.79 Å². The molecular weight excluding hydrogens is 394 g/mol. The summed E-state index contributed by atoms with van der Waals surface area (Å²) in [5, 5.41) is 0.753. The Labute approximate surface area is 171 Å². The lowest BCUT2D eigenvalue weighted by atomic mass is 10.1. The Balaban J connectivity index is 1.53. The van der Waals surface area contributed by atoms with Gasteiger partial charge in [0.2, 0.25) is 0 Å². The van der Waals surface area contributed by atoms with Crippen LogP contribution in [0, 0.1) is 0 Å². The smallest absolute Gasteiger partial charge is 0.339 e. The fourth-order valence-electron chi connectivity index (χ4n) is 2.81. The highest BCUT2D eigenvalue weighted by Gasteiger charge is 2.16. The summed E-state index contributed by atoms with van der Waals surface area (Å²) in [6, 6.07) is 22.4. The summed E-state index contributed by atoms with van der Waals surface area (Å²) in [6.45, 7) is 0.441. The Hall–Kier alpha value is -2.89. The number of thiophene rings is 1. The Morgan fingerprint density at radius 1 is 0.964 bits per heavy atom. The number of esters is 1. The molecule has 0 spiro atoms. The van der Waals surface area contributed by atoms with Crippen molar-refractivity contribution in [1.29, 1.82) is 0 Å². The average molecular weight is 410 g/mol. The van der Waals surface area contributed by atoms with Crippen LogP contribution in [-0.2, 0) is 4.74 Å². The maximum atomic E-state index is 12.7. The fraction of sp³-hybridized carbons (Fsp3) is 0.0909. The van der Waals surface area contributed by atoms with Crippen LogP contribution < -0.4 is 4.74 Å². The van der Waals surface area contributed by atoms with Gasteiger partial charge in [0.25, 0.3) is 0 Å². The third kappa shape index (κ3) is 4.16. The summed E-state index contributed by atoms with van der Waals surface area (Å²) in [5.74, 6) is 0.337. The molecule has 6 heteroatoms. The molecule has 0 aliphatic rings. The molecule has 2 heterocycles. The molecule has 0 unspecified atom stereocenters. The van der Waals surface area contributed by atoms with E-state index in [0.29, 0.717) is 15.6 Å². The Bertz CT molecular complexity index is 1110. The van der Waals surface area contributed by atoms with Crippen molar-refractivity contribution in [3.8, 4) is 16.3 Å². The van der Waals surface area contributed by atoms with Gasteiger partial charge in [-0.2, -0.15) is 0 Å². The lowest BCUT2D eigenvalue weighted by Crippen LogP contribution is -2.13. The first-order valence-electron chi connectivity index (χ1n) is 8.71. The summed E-state index contributed by atoms with van der Waals surface area (Å²) >= 11 is 7.47. The van der Waals surface area contributed by atoms with Gasteiger partial charge in [-0.3, -0.25) is 0 Å². The monoisotopic (exact) mass is 409 g/mol. The topological polar surface area (TPSA) is 48.4 Å². The number of para-hydroxylation sites is 2. The highest BCUT2D eigenvalue weighted by molar-refractivity contribution is 7.19. The summed E-state index contributed by atoms with van der Waals surface area (Å²) in [5.41, 5.74) is 1.91. The van der Waals surface area contributed by atoms with Gasteiger partial charge in [0.15, 0.2) is 0 Å². The van der Waals surface area contributed by atoms with Gasteiger partial charge in [-0.25, -0.2) is 9.78 Å². The molecule has 0 saturated heterocycles. The van der Waals surface area contributed by atoms with Crippen LogP contribution in [0.15, 0.2) is 72.8 Å². The van der Waals surface area contributed by atoms with Gasteiger partial charge in [0.05, 0.1) is 26.0 Å². The number of hydrogen-bond acceptors (Lipinski definition) is 5. The molecule has 0 aliphatic heterocycles. The molecule has 140 valence electrons. The molecule has 2 aromatic heterocycles. The number of rotatable bonds is 6. The Morgan fingerprint density at radius 3 is 2.54 bits per heavy atom. The zero-order valence-corrected chi connectivity index (χ0v) is 16.4. The van der Waals surface area contributed by atoms with Crippen molar-refractivity contribution in [2.24, 2.45) is 0 Å². The van der Waals surface area contributed by atoms with E-state index in [1.54, 1.807) is 6.07 Å². The molecule has 2 aromatic carbocycles. The second-order valence-electron chi connectivity index (χ2n) is 5.97. The number of halogens is 1. The number of carbonyl (C=O) groups excluding carboxylic acids is 1. The van der Waals surface area contributed by atoms with E-state index in [4.69, 9.17) is 21.1 Å². The van der Waals surface area contributed by atoms with Crippen LogP contribution in [0.5, 0.6) is 5.75 Å². The van der Waals surface area contributed by atoms with Gasteiger partial charge in [-0.1, -0.05) is 48.0 Å². The first-order chi connectivity index (χ1) is 13.7. The number of pyridine rings is 1. The molecule has 4 nitrogen and oxygen atoms in total. The van der Waals surface area contributed by atoms with Crippen LogP contribution >= 0.6 is 22.9 Å². The molecule has 0 radical (unpaired) electrons. The van der Waals surface area contributed by atoms with Crippen molar-refractivity contribution in [3.63, 3.8) is 0 Å². The predicted octanol–water partition coefficient (Wildman–Crippen LogP) is 5.85. The second-order valence-corrected chi connectivity index (χ2v) is 7.69. The number of aromatic nitrogens is 1. The number of fused-ring (bicyclic) bond motifs is 1. The van der Waals surface area contributed by atoms with E-state index in [0.717, 1.165) is 21.5 Å². The summed E-state index contributed by atoms with van der Waals surface area (Å²) in [4.78, 5) is 18.3. The molecule has 0 bridgehead atoms. The van der Waals surface area contributed by atoms with Crippen molar-refractivity contribution < 1.29 is 14.3 Å². The van der Waals surface area contributed by atoms with Gasteiger partial charge in [0, 0.05) is 5.39 Å². The second kappa shape index (κ2) is 8.42. The standard InChI is InChI=1S/C22H16ClNO3S/c23-21-11-10-20(28-21)19-14-17(16-8-4-5-9-18(16)24-19)22(25)27-13-12-26-15-6-2-1-3-7-15/h1-11,14H,12-13H2.